The van der Waals surface area contributed by atoms with Gasteiger partial charge in [-0.3, -0.25) is 14.7 Å². The predicted molar refractivity (Wildman–Crippen MR) is 106 cm³/mol. The number of hydrogen-bond acceptors (Lipinski definition) is 7. The van der Waals surface area contributed by atoms with Crippen molar-refractivity contribution >= 4 is 34.1 Å². The monoisotopic (exact) mass is 402 g/mol. The van der Waals surface area contributed by atoms with E-state index >= 15 is 0 Å². The Kier molecular flexibility index (Phi) is 4.86. The van der Waals surface area contributed by atoms with Crippen molar-refractivity contribution in [2.45, 2.75) is 25.5 Å². The first-order valence-electron chi connectivity index (χ1n) is 8.93. The number of imidazole rings is 1. The highest BCUT2D eigenvalue weighted by molar-refractivity contribution is 6.28. The Balaban J connectivity index is 1.86. The minimum absolute atomic E-state index is 0.0135. The Hall–Kier alpha value is -2.78. The van der Waals surface area contributed by atoms with E-state index in [4.69, 9.17) is 16.3 Å². The first-order chi connectivity index (χ1) is 13.5. The van der Waals surface area contributed by atoms with E-state index in [0.717, 1.165) is 19.3 Å². The van der Waals surface area contributed by atoms with E-state index in [-0.39, 0.29) is 17.2 Å². The molecule has 0 radical (unpaired) electrons. The number of benzene rings is 1. The van der Waals surface area contributed by atoms with Crippen molar-refractivity contribution in [3.63, 3.8) is 0 Å². The molecular weight excluding hydrogens is 384 g/mol. The largest absolute Gasteiger partial charge is 0.372 e. The highest BCUT2D eigenvalue weighted by Gasteiger charge is 2.23. The zero-order valence-electron chi connectivity index (χ0n) is 15.5. The number of nitro benzene ring substituents is 1. The fraction of sp³-hybridized carbons (Fsp3) is 0.389. The van der Waals surface area contributed by atoms with Crippen LogP contribution in [-0.4, -0.2) is 45.1 Å². The second kappa shape index (κ2) is 7.33. The molecule has 1 aliphatic rings. The van der Waals surface area contributed by atoms with Crippen LogP contribution in [0.3, 0.4) is 0 Å². The molecule has 0 bridgehead atoms. The Morgan fingerprint density at radius 2 is 2.14 bits per heavy atom. The second-order valence-corrected chi connectivity index (χ2v) is 7.18. The lowest BCUT2D eigenvalue weighted by atomic mass is 10.1. The number of nitrogens with zero attached hydrogens (tertiary/aromatic N) is 6. The number of fused-ring (bicyclic) bond motifs is 1. The summed E-state index contributed by atoms with van der Waals surface area (Å²) in [6, 6.07) is 4.96. The molecule has 4 rings (SSSR count). The summed E-state index contributed by atoms with van der Waals surface area (Å²) in [6.45, 7) is 0.689. The molecule has 10 heteroatoms. The molecule has 1 atom stereocenters. The zero-order valence-corrected chi connectivity index (χ0v) is 16.3. The summed E-state index contributed by atoms with van der Waals surface area (Å²) in [4.78, 5) is 25.9. The van der Waals surface area contributed by atoms with E-state index in [1.165, 1.54) is 6.07 Å². The number of ether oxygens (including phenoxy) is 1. The van der Waals surface area contributed by atoms with Crippen LogP contribution in [0.15, 0.2) is 24.5 Å². The summed E-state index contributed by atoms with van der Waals surface area (Å²) < 4.78 is 7.69. The van der Waals surface area contributed by atoms with E-state index in [2.05, 4.69) is 15.0 Å². The lowest BCUT2D eigenvalue weighted by Crippen LogP contribution is -2.17. The molecule has 1 unspecified atom stereocenters. The summed E-state index contributed by atoms with van der Waals surface area (Å²) in [5.74, 6) is 0. The molecule has 28 heavy (non-hydrogen) atoms. The van der Waals surface area contributed by atoms with Crippen molar-refractivity contribution in [2.75, 3.05) is 25.6 Å². The van der Waals surface area contributed by atoms with Crippen molar-refractivity contribution < 1.29 is 9.66 Å². The molecule has 2 aromatic heterocycles. The van der Waals surface area contributed by atoms with Gasteiger partial charge in [0, 0.05) is 32.3 Å². The summed E-state index contributed by atoms with van der Waals surface area (Å²) in [7, 11) is 3.52. The van der Waals surface area contributed by atoms with Crippen LogP contribution in [0.5, 0.6) is 0 Å². The van der Waals surface area contributed by atoms with Crippen LogP contribution in [0, 0.1) is 10.1 Å². The van der Waals surface area contributed by atoms with E-state index < -0.39 is 4.92 Å². The Labute approximate surface area is 166 Å². The highest BCUT2D eigenvalue weighted by Crippen LogP contribution is 2.35. The molecule has 0 N–H and O–H groups in total. The van der Waals surface area contributed by atoms with Gasteiger partial charge >= 0.3 is 0 Å². The maximum atomic E-state index is 11.5. The summed E-state index contributed by atoms with van der Waals surface area (Å²) in [6.07, 6.45) is 4.48. The van der Waals surface area contributed by atoms with Gasteiger partial charge in [-0.2, -0.15) is 4.98 Å². The first kappa shape index (κ1) is 18.6. The molecule has 0 amide bonds. The number of hydrogen-bond donors (Lipinski definition) is 0. The van der Waals surface area contributed by atoms with Crippen molar-refractivity contribution in [1.82, 2.24) is 19.5 Å². The third-order valence-corrected chi connectivity index (χ3v) is 4.96. The SMILES string of the molecule is CN(C)c1ccc(-c2nc(Cl)nc3c2ncn3C2CCCCO2)cc1[N+](=O)[O-]. The molecule has 1 fully saturated rings. The molecule has 0 spiro atoms. The number of anilines is 1. The van der Waals surface area contributed by atoms with Crippen LogP contribution in [0.4, 0.5) is 11.4 Å². The third-order valence-electron chi connectivity index (χ3n) is 4.79. The molecule has 1 aromatic carbocycles. The average molecular weight is 403 g/mol. The lowest BCUT2D eigenvalue weighted by molar-refractivity contribution is -0.384. The first-order valence-corrected chi connectivity index (χ1v) is 9.31. The maximum Gasteiger partial charge on any atom is 0.293 e. The average Bonchev–Trinajstić information content (AvgIpc) is 3.11. The Morgan fingerprint density at radius 1 is 1.32 bits per heavy atom. The molecular formula is C18H19ClN6O3. The number of halogens is 1. The normalized spacial score (nSPS) is 17.0. The van der Waals surface area contributed by atoms with Crippen molar-refractivity contribution in [3.8, 4) is 11.3 Å². The van der Waals surface area contributed by atoms with Gasteiger partial charge in [-0.15, -0.1) is 0 Å². The van der Waals surface area contributed by atoms with Crippen molar-refractivity contribution in [2.24, 2.45) is 0 Å². The summed E-state index contributed by atoms with van der Waals surface area (Å²) >= 11 is 6.18. The molecule has 0 saturated carbocycles. The molecule has 3 aromatic rings. The number of nitro groups is 1. The van der Waals surface area contributed by atoms with Crippen LogP contribution in [0.2, 0.25) is 5.28 Å². The molecule has 0 aliphatic carbocycles. The number of rotatable bonds is 4. The van der Waals surface area contributed by atoms with Gasteiger partial charge in [-0.05, 0) is 36.9 Å². The maximum absolute atomic E-state index is 11.5. The van der Waals surface area contributed by atoms with Gasteiger partial charge in [0.05, 0.1) is 11.3 Å². The van der Waals surface area contributed by atoms with Crippen LogP contribution < -0.4 is 4.90 Å². The third kappa shape index (κ3) is 3.27. The fourth-order valence-electron chi connectivity index (χ4n) is 3.44. The van der Waals surface area contributed by atoms with Gasteiger partial charge in [-0.25, -0.2) is 9.97 Å². The lowest BCUT2D eigenvalue weighted by Gasteiger charge is -2.23. The van der Waals surface area contributed by atoms with Crippen LogP contribution in [0.25, 0.3) is 22.4 Å². The van der Waals surface area contributed by atoms with Gasteiger partial charge < -0.3 is 9.64 Å². The van der Waals surface area contributed by atoms with E-state index in [1.54, 1.807) is 37.5 Å². The minimum atomic E-state index is -0.409. The fourth-order valence-corrected chi connectivity index (χ4v) is 3.60. The van der Waals surface area contributed by atoms with Gasteiger partial charge in [0.2, 0.25) is 5.28 Å². The zero-order chi connectivity index (χ0) is 19.8. The van der Waals surface area contributed by atoms with Crippen molar-refractivity contribution in [1.29, 1.82) is 0 Å². The molecule has 1 saturated heterocycles. The Bertz CT molecular complexity index is 1050. The van der Waals surface area contributed by atoms with Gasteiger partial charge in [0.15, 0.2) is 5.65 Å². The number of aromatic nitrogens is 4. The van der Waals surface area contributed by atoms with Gasteiger partial charge in [0.25, 0.3) is 5.69 Å². The van der Waals surface area contributed by atoms with E-state index in [9.17, 15) is 10.1 Å². The minimum Gasteiger partial charge on any atom is -0.372 e. The van der Waals surface area contributed by atoms with Crippen LogP contribution in [-0.2, 0) is 4.74 Å². The van der Waals surface area contributed by atoms with Crippen LogP contribution in [0.1, 0.15) is 25.5 Å². The van der Waals surface area contributed by atoms with Crippen molar-refractivity contribution in [3.05, 3.63) is 39.9 Å². The second-order valence-electron chi connectivity index (χ2n) is 6.84. The smallest absolute Gasteiger partial charge is 0.293 e. The molecule has 146 valence electrons. The molecule has 3 heterocycles. The van der Waals surface area contributed by atoms with Crippen LogP contribution >= 0.6 is 11.6 Å². The highest BCUT2D eigenvalue weighted by atomic mass is 35.5. The standard InChI is InChI=1S/C18H19ClN6O3/c1-23(2)12-7-6-11(9-13(12)25(26)27)15-16-17(22-18(19)21-15)24(10-20-16)14-5-3-4-8-28-14/h6-7,9-10,14H,3-5,8H2,1-2H3. The molecule has 9 nitrogen and oxygen atoms in total. The topological polar surface area (TPSA) is 99.2 Å². The Morgan fingerprint density at radius 3 is 2.82 bits per heavy atom. The quantitative estimate of drug-likeness (QED) is 0.371. The predicted octanol–water partition coefficient (Wildman–Crippen LogP) is 3.82. The van der Waals surface area contributed by atoms with E-state index in [1.807, 2.05) is 4.57 Å². The van der Waals surface area contributed by atoms with E-state index in [0.29, 0.717) is 34.7 Å². The summed E-state index contributed by atoms with van der Waals surface area (Å²) in [5.41, 5.74) is 2.60. The van der Waals surface area contributed by atoms with Gasteiger partial charge in [-0.1, -0.05) is 6.07 Å². The summed E-state index contributed by atoms with van der Waals surface area (Å²) in [5, 5.41) is 11.6. The van der Waals surface area contributed by atoms with Gasteiger partial charge in [0.1, 0.15) is 23.1 Å². The molecule has 1 aliphatic heterocycles.